The number of carbonyl (C=O) groups is 2. The third-order valence-corrected chi connectivity index (χ3v) is 6.38. The average molecular weight is 456 g/mol. The van der Waals surface area contributed by atoms with Crippen molar-refractivity contribution in [2.24, 2.45) is 0 Å². The molecule has 0 saturated heterocycles. The Morgan fingerprint density at radius 1 is 1.22 bits per heavy atom. The van der Waals surface area contributed by atoms with Crippen molar-refractivity contribution >= 4 is 34.1 Å². The van der Waals surface area contributed by atoms with E-state index in [4.69, 9.17) is 9.47 Å². The van der Waals surface area contributed by atoms with Gasteiger partial charge in [0.05, 0.1) is 19.2 Å². The number of hydrogen-bond acceptors (Lipinski definition) is 7. The van der Waals surface area contributed by atoms with Crippen LogP contribution < -0.4 is 5.32 Å². The zero-order valence-electron chi connectivity index (χ0n) is 17.6. The quantitative estimate of drug-likeness (QED) is 0.477. The van der Waals surface area contributed by atoms with E-state index in [1.807, 2.05) is 54.6 Å². The zero-order chi connectivity index (χ0) is 22.5. The van der Waals surface area contributed by atoms with Crippen LogP contribution in [0.15, 0.2) is 54.6 Å². The molecule has 168 valence electrons. The summed E-state index contributed by atoms with van der Waals surface area (Å²) in [6, 6.07) is 16.2. The molecule has 2 atom stereocenters. The molecular weight excluding hydrogens is 430 g/mol. The Bertz CT molecular complexity index is 1090. The maximum atomic E-state index is 12.3. The van der Waals surface area contributed by atoms with E-state index in [0.29, 0.717) is 13.0 Å². The summed E-state index contributed by atoms with van der Waals surface area (Å²) < 4.78 is 10.1. The minimum Gasteiger partial charge on any atom is -0.453 e. The first-order valence-electron chi connectivity index (χ1n) is 10.3. The molecule has 2 heterocycles. The number of rotatable bonds is 6. The number of ether oxygens (including phenoxy) is 2. The maximum absolute atomic E-state index is 12.3. The Hall–Kier alpha value is -3.01. The molecule has 1 aliphatic heterocycles. The standard InChI is InChI=1S/C23H25N3O5S/c1-30-22(27)25-19(14-32-23(28)31-13-15-7-3-2-4-8-15)21-20-17(11-12-26(21)29)16-9-5-6-10-18(16)24-20/h2-10,19,21,24,29H,11-14H2,1H3,(H,25,27)/t19-,21+/m0/s1. The third kappa shape index (κ3) is 4.90. The van der Waals surface area contributed by atoms with Crippen LogP contribution in [-0.2, 0) is 22.5 Å². The highest BCUT2D eigenvalue weighted by Gasteiger charge is 2.37. The van der Waals surface area contributed by atoms with Crippen LogP contribution in [0.25, 0.3) is 10.9 Å². The van der Waals surface area contributed by atoms with Crippen molar-refractivity contribution < 1.29 is 24.3 Å². The number of carbonyl (C=O) groups excluding carboxylic acids is 2. The number of H-pyrrole nitrogens is 1. The van der Waals surface area contributed by atoms with E-state index in [-0.39, 0.29) is 12.4 Å². The van der Waals surface area contributed by atoms with E-state index in [0.717, 1.165) is 39.5 Å². The molecule has 0 aliphatic carbocycles. The van der Waals surface area contributed by atoms with Gasteiger partial charge >= 0.3 is 11.4 Å². The first kappa shape index (κ1) is 22.2. The molecule has 32 heavy (non-hydrogen) atoms. The number of aromatic nitrogens is 1. The molecule has 1 aromatic heterocycles. The lowest BCUT2D eigenvalue weighted by molar-refractivity contribution is -0.140. The number of hydroxylamine groups is 2. The molecule has 4 rings (SSSR count). The number of methoxy groups -OCH3 is 1. The van der Waals surface area contributed by atoms with Gasteiger partial charge < -0.3 is 25.0 Å². The summed E-state index contributed by atoms with van der Waals surface area (Å²) in [6.45, 7) is 0.575. The summed E-state index contributed by atoms with van der Waals surface area (Å²) in [4.78, 5) is 27.8. The van der Waals surface area contributed by atoms with Crippen molar-refractivity contribution in [1.82, 2.24) is 15.4 Å². The van der Waals surface area contributed by atoms with E-state index in [9.17, 15) is 14.8 Å². The van der Waals surface area contributed by atoms with Gasteiger partial charge in [-0.3, -0.25) is 0 Å². The molecule has 0 saturated carbocycles. The van der Waals surface area contributed by atoms with Crippen LogP contribution in [0.3, 0.4) is 0 Å². The van der Waals surface area contributed by atoms with Crippen LogP contribution >= 0.6 is 11.8 Å². The predicted molar refractivity (Wildman–Crippen MR) is 122 cm³/mol. The third-order valence-electron chi connectivity index (χ3n) is 5.50. The number of amides is 1. The van der Waals surface area contributed by atoms with Gasteiger partial charge in [0.2, 0.25) is 0 Å². The fourth-order valence-electron chi connectivity index (χ4n) is 4.00. The maximum Gasteiger partial charge on any atom is 0.407 e. The molecule has 0 bridgehead atoms. The van der Waals surface area contributed by atoms with Crippen LogP contribution in [-0.4, -0.2) is 52.1 Å². The lowest BCUT2D eigenvalue weighted by atomic mass is 9.95. The predicted octanol–water partition coefficient (Wildman–Crippen LogP) is 4.25. The normalized spacial score (nSPS) is 16.9. The lowest BCUT2D eigenvalue weighted by Gasteiger charge is -2.36. The van der Waals surface area contributed by atoms with Crippen molar-refractivity contribution in [3.05, 3.63) is 71.4 Å². The number of benzene rings is 2. The lowest BCUT2D eigenvalue weighted by Crippen LogP contribution is -2.49. The number of alkyl carbamates (subject to hydrolysis) is 1. The summed E-state index contributed by atoms with van der Waals surface area (Å²) in [5, 5.41) is 15.3. The topological polar surface area (TPSA) is 104 Å². The smallest absolute Gasteiger partial charge is 0.407 e. The first-order chi connectivity index (χ1) is 15.6. The number of aromatic amines is 1. The highest BCUT2D eigenvalue weighted by molar-refractivity contribution is 8.13. The van der Waals surface area contributed by atoms with Crippen LogP contribution in [0.2, 0.25) is 0 Å². The molecule has 2 aromatic carbocycles. The summed E-state index contributed by atoms with van der Waals surface area (Å²) in [7, 11) is 1.28. The molecule has 9 heteroatoms. The second-order valence-corrected chi connectivity index (χ2v) is 8.45. The van der Waals surface area contributed by atoms with E-state index in [2.05, 4.69) is 10.3 Å². The van der Waals surface area contributed by atoms with Gasteiger partial charge in [-0.2, -0.15) is 5.06 Å². The van der Waals surface area contributed by atoms with Gasteiger partial charge in [-0.15, -0.1) is 0 Å². The van der Waals surface area contributed by atoms with Crippen molar-refractivity contribution in [2.75, 3.05) is 19.4 Å². The molecule has 3 aromatic rings. The molecule has 0 unspecified atom stereocenters. The summed E-state index contributed by atoms with van der Waals surface area (Å²) in [5.41, 5.74) is 3.77. The van der Waals surface area contributed by atoms with Gasteiger partial charge in [0.25, 0.3) is 0 Å². The number of para-hydroxylation sites is 1. The monoisotopic (exact) mass is 455 g/mol. The van der Waals surface area contributed by atoms with Gasteiger partial charge in [0.15, 0.2) is 0 Å². The fourth-order valence-corrected chi connectivity index (χ4v) is 4.73. The second kappa shape index (κ2) is 10.1. The molecule has 0 radical (unpaired) electrons. The Labute approximate surface area is 189 Å². The van der Waals surface area contributed by atoms with Gasteiger partial charge in [-0.05, 0) is 35.4 Å². The van der Waals surface area contributed by atoms with Crippen LogP contribution in [0, 0.1) is 0 Å². The minimum atomic E-state index is -0.634. The van der Waals surface area contributed by atoms with E-state index >= 15 is 0 Å². The van der Waals surface area contributed by atoms with Gasteiger partial charge in [0, 0.05) is 28.9 Å². The second-order valence-electron chi connectivity index (χ2n) is 7.50. The van der Waals surface area contributed by atoms with Gasteiger partial charge in [0.1, 0.15) is 6.61 Å². The highest BCUT2D eigenvalue weighted by Crippen LogP contribution is 2.36. The largest absolute Gasteiger partial charge is 0.453 e. The minimum absolute atomic E-state index is 0.170. The van der Waals surface area contributed by atoms with E-state index in [1.54, 1.807) is 0 Å². The molecule has 0 spiro atoms. The van der Waals surface area contributed by atoms with E-state index < -0.39 is 23.5 Å². The Morgan fingerprint density at radius 2 is 1.97 bits per heavy atom. The summed E-state index contributed by atoms with van der Waals surface area (Å²) >= 11 is 0.950. The summed E-state index contributed by atoms with van der Waals surface area (Å²) in [5.74, 6) is 0.194. The Kier molecular flexibility index (Phi) is 6.99. The van der Waals surface area contributed by atoms with Crippen LogP contribution in [0.4, 0.5) is 9.59 Å². The molecule has 1 aliphatic rings. The van der Waals surface area contributed by atoms with Gasteiger partial charge in [-0.25, -0.2) is 9.59 Å². The number of nitrogens with one attached hydrogen (secondary N) is 2. The van der Waals surface area contributed by atoms with Crippen molar-refractivity contribution in [2.45, 2.75) is 25.1 Å². The summed E-state index contributed by atoms with van der Waals surface area (Å²) in [6.07, 6.45) is 0.0358. The number of nitrogens with zero attached hydrogens (tertiary/aromatic N) is 1. The molecule has 1 amide bonds. The zero-order valence-corrected chi connectivity index (χ0v) is 18.4. The number of thioether (sulfide) groups is 1. The van der Waals surface area contributed by atoms with E-state index in [1.165, 1.54) is 12.2 Å². The van der Waals surface area contributed by atoms with Gasteiger partial charge in [-0.1, -0.05) is 48.5 Å². The molecule has 8 nitrogen and oxygen atoms in total. The molecule has 0 fully saturated rings. The number of hydrogen-bond donors (Lipinski definition) is 3. The Balaban J connectivity index is 1.51. The molecular formula is C23H25N3O5S. The van der Waals surface area contributed by atoms with Crippen LogP contribution in [0.1, 0.15) is 22.9 Å². The average Bonchev–Trinajstić information content (AvgIpc) is 3.19. The highest BCUT2D eigenvalue weighted by atomic mass is 32.2. The van der Waals surface area contributed by atoms with Crippen molar-refractivity contribution in [3.8, 4) is 0 Å². The fraction of sp³-hybridized carbons (Fsp3) is 0.304. The van der Waals surface area contributed by atoms with Crippen LogP contribution in [0.5, 0.6) is 0 Å². The van der Waals surface area contributed by atoms with Crippen molar-refractivity contribution in [3.63, 3.8) is 0 Å². The SMILES string of the molecule is COC(=O)N[C@@H](CSC(=O)OCc1ccccc1)[C@@H]1c2[nH]c3ccccc3c2CCN1O. The number of fused-ring (bicyclic) bond motifs is 3. The first-order valence-corrected chi connectivity index (χ1v) is 11.3. The van der Waals surface area contributed by atoms with Crippen molar-refractivity contribution in [1.29, 1.82) is 0 Å². The molecule has 3 N–H and O–H groups in total. The Morgan fingerprint density at radius 3 is 2.75 bits per heavy atom.